The number of benzene rings is 3. The zero-order valence-electron chi connectivity index (χ0n) is 28.0. The highest BCUT2D eigenvalue weighted by molar-refractivity contribution is 5.92. The average Bonchev–Trinajstić information content (AvgIpc) is 3.51. The molecule has 0 spiro atoms. The van der Waals surface area contributed by atoms with Gasteiger partial charge in [0.1, 0.15) is 34.9 Å². The molecule has 2 amide bonds. The summed E-state index contributed by atoms with van der Waals surface area (Å²) in [6, 6.07) is 18.4. The number of halogens is 3. The summed E-state index contributed by atoms with van der Waals surface area (Å²) in [5, 5.41) is 2.81. The number of carbonyl (C=O) groups excluding carboxylic acids is 2. The molecule has 3 atom stereocenters. The van der Waals surface area contributed by atoms with Gasteiger partial charge in [-0.2, -0.15) is 0 Å². The van der Waals surface area contributed by atoms with E-state index < -0.39 is 53.1 Å². The fourth-order valence-electron chi connectivity index (χ4n) is 6.16. The lowest BCUT2D eigenvalue weighted by Crippen LogP contribution is -2.49. The maximum atomic E-state index is 15.3. The minimum absolute atomic E-state index is 0.140. The van der Waals surface area contributed by atoms with Gasteiger partial charge in [0.15, 0.2) is 0 Å². The van der Waals surface area contributed by atoms with Gasteiger partial charge in [0, 0.05) is 29.8 Å². The molecule has 6 rings (SSSR count). The summed E-state index contributed by atoms with van der Waals surface area (Å²) in [4.78, 5) is 40.3. The molecule has 0 saturated carbocycles. The SMILES string of the molecule is CC(C)(C)OC(=O)N1C[C@@H](CCc2c(F)cccc2NC(=O)CC(c2ccc(F)cc2)c2ccncc2F)OC[C@H]1c1nc2ccccc2[nH]1. The van der Waals surface area contributed by atoms with E-state index in [1.807, 2.05) is 24.3 Å². The van der Waals surface area contributed by atoms with Gasteiger partial charge < -0.3 is 19.8 Å². The number of fused-ring (bicyclic) bond motifs is 1. The van der Waals surface area contributed by atoms with Crippen LogP contribution in [-0.4, -0.2) is 56.7 Å². The van der Waals surface area contributed by atoms with Crippen molar-refractivity contribution in [3.63, 3.8) is 0 Å². The summed E-state index contributed by atoms with van der Waals surface area (Å²) >= 11 is 0. The summed E-state index contributed by atoms with van der Waals surface area (Å²) in [5.74, 6) is -2.24. The standard InChI is InChI=1S/C38H38F3N5O4/c1-38(2,3)50-37(48)46-21-25(49-22-34(46)36-44-32-8-4-5-9-33(32)45-36)15-16-27-29(40)7-6-10-31(27)43-35(47)19-28(23-11-13-24(39)14-12-23)26-17-18-42-20-30(26)41/h4-14,17-18,20,25,28,34H,15-16,19,21-22H2,1-3H3,(H,43,47)(H,44,45)/t25-,28?,34+/m1/s1. The number of hydrogen-bond acceptors (Lipinski definition) is 6. The Morgan fingerprint density at radius 1 is 1.02 bits per heavy atom. The van der Waals surface area contributed by atoms with Crippen LogP contribution < -0.4 is 5.32 Å². The summed E-state index contributed by atoms with van der Waals surface area (Å²) in [7, 11) is 0. The fraction of sp³-hybridized carbons (Fsp3) is 0.316. The summed E-state index contributed by atoms with van der Waals surface area (Å²) in [6.45, 7) is 5.69. The number of amides is 2. The van der Waals surface area contributed by atoms with E-state index in [1.165, 1.54) is 48.7 Å². The third-order valence-corrected chi connectivity index (χ3v) is 8.57. The molecule has 1 unspecified atom stereocenters. The van der Waals surface area contributed by atoms with Crippen LogP contribution in [0, 0.1) is 17.5 Å². The van der Waals surface area contributed by atoms with Gasteiger partial charge in [0.05, 0.1) is 36.5 Å². The lowest BCUT2D eigenvalue weighted by Gasteiger charge is -2.39. The van der Waals surface area contributed by atoms with Gasteiger partial charge in [-0.25, -0.2) is 22.9 Å². The molecule has 50 heavy (non-hydrogen) atoms. The van der Waals surface area contributed by atoms with Crippen molar-refractivity contribution >= 4 is 28.7 Å². The minimum Gasteiger partial charge on any atom is -0.444 e. The van der Waals surface area contributed by atoms with Gasteiger partial charge in [0.25, 0.3) is 0 Å². The summed E-state index contributed by atoms with van der Waals surface area (Å²) in [6.07, 6.45) is 1.82. The molecule has 1 saturated heterocycles. The number of H-pyrrole nitrogens is 1. The van der Waals surface area contributed by atoms with Crippen LogP contribution in [-0.2, 0) is 20.7 Å². The van der Waals surface area contributed by atoms with E-state index in [4.69, 9.17) is 9.47 Å². The van der Waals surface area contributed by atoms with Crippen molar-refractivity contribution in [3.05, 3.63) is 125 Å². The molecule has 3 aromatic carbocycles. The van der Waals surface area contributed by atoms with Crippen molar-refractivity contribution in [2.45, 2.75) is 63.7 Å². The molecule has 1 aliphatic rings. The van der Waals surface area contributed by atoms with Crippen molar-refractivity contribution in [2.75, 3.05) is 18.5 Å². The van der Waals surface area contributed by atoms with E-state index in [2.05, 4.69) is 20.3 Å². The van der Waals surface area contributed by atoms with Crippen molar-refractivity contribution in [2.24, 2.45) is 0 Å². The summed E-state index contributed by atoms with van der Waals surface area (Å²) in [5.41, 5.74) is 2.16. The Balaban J connectivity index is 1.17. The van der Waals surface area contributed by atoms with E-state index in [1.54, 1.807) is 31.7 Å². The van der Waals surface area contributed by atoms with Crippen LogP contribution in [0.4, 0.5) is 23.7 Å². The van der Waals surface area contributed by atoms with Crippen LogP contribution in [0.25, 0.3) is 11.0 Å². The highest BCUT2D eigenvalue weighted by Gasteiger charge is 2.37. The zero-order chi connectivity index (χ0) is 35.4. The molecule has 9 nitrogen and oxygen atoms in total. The predicted molar refractivity (Wildman–Crippen MR) is 182 cm³/mol. The number of aromatic nitrogens is 3. The van der Waals surface area contributed by atoms with E-state index in [0.717, 1.165) is 17.2 Å². The molecular formula is C38H38F3N5O4. The Morgan fingerprint density at radius 3 is 2.54 bits per heavy atom. The first-order chi connectivity index (χ1) is 23.9. The maximum absolute atomic E-state index is 15.3. The zero-order valence-corrected chi connectivity index (χ0v) is 28.0. The van der Waals surface area contributed by atoms with Crippen molar-refractivity contribution in [3.8, 4) is 0 Å². The predicted octanol–water partition coefficient (Wildman–Crippen LogP) is 7.85. The monoisotopic (exact) mass is 685 g/mol. The van der Waals surface area contributed by atoms with Crippen LogP contribution >= 0.6 is 0 Å². The molecule has 1 aliphatic heterocycles. The smallest absolute Gasteiger partial charge is 0.411 e. The lowest BCUT2D eigenvalue weighted by atomic mass is 9.88. The number of ether oxygens (including phenoxy) is 2. The molecule has 260 valence electrons. The number of morpholine rings is 1. The Morgan fingerprint density at radius 2 is 1.80 bits per heavy atom. The van der Waals surface area contributed by atoms with Crippen LogP contribution in [0.2, 0.25) is 0 Å². The van der Waals surface area contributed by atoms with Gasteiger partial charge in [-0.3, -0.25) is 14.7 Å². The van der Waals surface area contributed by atoms with Gasteiger partial charge in [0.2, 0.25) is 5.91 Å². The Kier molecular flexibility index (Phi) is 10.2. The number of pyridine rings is 1. The number of nitrogens with zero attached hydrogens (tertiary/aromatic N) is 3. The molecule has 3 heterocycles. The average molecular weight is 686 g/mol. The van der Waals surface area contributed by atoms with Gasteiger partial charge in [-0.05, 0) is 87.2 Å². The van der Waals surface area contributed by atoms with E-state index in [0.29, 0.717) is 17.8 Å². The molecule has 2 N–H and O–H groups in total. The molecule has 2 aromatic heterocycles. The van der Waals surface area contributed by atoms with Crippen LogP contribution in [0.15, 0.2) is 85.2 Å². The Hall–Kier alpha value is -5.23. The quantitative estimate of drug-likeness (QED) is 0.164. The number of hydrogen-bond donors (Lipinski definition) is 2. The number of aromatic amines is 1. The van der Waals surface area contributed by atoms with Crippen LogP contribution in [0.1, 0.15) is 68.1 Å². The molecule has 1 fully saturated rings. The van der Waals surface area contributed by atoms with E-state index in [-0.39, 0.29) is 42.8 Å². The van der Waals surface area contributed by atoms with E-state index >= 15 is 4.39 Å². The lowest BCUT2D eigenvalue weighted by molar-refractivity contribution is -0.116. The first-order valence-corrected chi connectivity index (χ1v) is 16.4. The Labute approximate surface area is 287 Å². The second-order valence-electron chi connectivity index (χ2n) is 13.3. The Bertz CT molecular complexity index is 1940. The molecule has 0 aliphatic carbocycles. The first-order valence-electron chi connectivity index (χ1n) is 16.4. The van der Waals surface area contributed by atoms with Crippen LogP contribution in [0.5, 0.6) is 0 Å². The third kappa shape index (κ3) is 8.14. The third-order valence-electron chi connectivity index (χ3n) is 8.57. The number of imidazole rings is 1. The first kappa shape index (κ1) is 34.6. The molecule has 0 bridgehead atoms. The van der Waals surface area contributed by atoms with Crippen molar-refractivity contribution in [1.29, 1.82) is 0 Å². The normalized spacial score (nSPS) is 17.0. The highest BCUT2D eigenvalue weighted by Crippen LogP contribution is 2.33. The van der Waals surface area contributed by atoms with Gasteiger partial charge >= 0.3 is 6.09 Å². The molecule has 12 heteroatoms. The largest absolute Gasteiger partial charge is 0.444 e. The highest BCUT2D eigenvalue weighted by atomic mass is 19.1. The second-order valence-corrected chi connectivity index (χ2v) is 13.3. The minimum atomic E-state index is -0.746. The number of anilines is 1. The summed E-state index contributed by atoms with van der Waals surface area (Å²) < 4.78 is 55.8. The van der Waals surface area contributed by atoms with Gasteiger partial charge in [-0.1, -0.05) is 30.3 Å². The maximum Gasteiger partial charge on any atom is 0.411 e. The number of nitrogens with one attached hydrogen (secondary N) is 2. The topological polar surface area (TPSA) is 109 Å². The second kappa shape index (κ2) is 14.7. The molecule has 5 aromatic rings. The van der Waals surface area contributed by atoms with E-state index in [9.17, 15) is 18.4 Å². The number of carbonyl (C=O) groups is 2. The number of rotatable bonds is 9. The van der Waals surface area contributed by atoms with Crippen molar-refractivity contribution in [1.82, 2.24) is 19.9 Å². The van der Waals surface area contributed by atoms with Crippen LogP contribution in [0.3, 0.4) is 0 Å². The van der Waals surface area contributed by atoms with Gasteiger partial charge in [-0.15, -0.1) is 0 Å². The fourth-order valence-corrected chi connectivity index (χ4v) is 6.16. The molecule has 0 radical (unpaired) electrons. The molecular weight excluding hydrogens is 647 g/mol. The van der Waals surface area contributed by atoms with Crippen molar-refractivity contribution < 1.29 is 32.2 Å². The number of para-hydroxylation sites is 2.